The summed E-state index contributed by atoms with van der Waals surface area (Å²) < 4.78 is 25.8. The van der Waals surface area contributed by atoms with Crippen LogP contribution in [0.5, 0.6) is 17.2 Å². The molecule has 0 radical (unpaired) electrons. The molecule has 1 aliphatic rings. The first kappa shape index (κ1) is 29.1. The number of carbonyl (C=O) groups excluding carboxylic acids is 1. The van der Waals surface area contributed by atoms with Crippen molar-refractivity contribution in [1.29, 1.82) is 0 Å². The van der Waals surface area contributed by atoms with E-state index in [0.717, 1.165) is 15.4 Å². The molecule has 0 N–H and O–H groups in total. The molecule has 0 spiro atoms. The molecule has 0 bridgehead atoms. The highest BCUT2D eigenvalue weighted by Gasteiger charge is 2.36. The average molecular weight is 680 g/mol. The minimum Gasteiger partial charge on any atom is -0.497 e. The molecule has 39 heavy (non-hydrogen) atoms. The zero-order valence-corrected chi connectivity index (χ0v) is 26.2. The van der Waals surface area contributed by atoms with E-state index in [-0.39, 0.29) is 12.2 Å². The summed E-state index contributed by atoms with van der Waals surface area (Å²) >= 11 is 8.28. The number of halogens is 2. The van der Waals surface area contributed by atoms with Crippen LogP contribution in [0.1, 0.15) is 43.9 Å². The third-order valence-corrected chi connectivity index (χ3v) is 8.18. The Morgan fingerprint density at radius 2 is 1.87 bits per heavy atom. The van der Waals surface area contributed by atoms with Gasteiger partial charge in [0, 0.05) is 15.6 Å². The number of rotatable bonds is 9. The number of aromatic nitrogens is 1. The molecule has 1 atom stereocenters. The molecular weight excluding hydrogens is 652 g/mol. The van der Waals surface area contributed by atoms with Crippen LogP contribution in [0.15, 0.2) is 60.3 Å². The lowest BCUT2D eigenvalue weighted by atomic mass is 9.93. The number of fused-ring (bicyclic) bond motifs is 1. The Morgan fingerprint density at radius 3 is 2.51 bits per heavy atom. The molecule has 2 heterocycles. The van der Waals surface area contributed by atoms with Crippen molar-refractivity contribution in [2.24, 2.45) is 4.99 Å². The molecule has 8 nitrogen and oxygen atoms in total. The molecule has 0 saturated heterocycles. The largest absolute Gasteiger partial charge is 0.497 e. The summed E-state index contributed by atoms with van der Waals surface area (Å²) in [6.07, 6.45) is 3.06. The van der Waals surface area contributed by atoms with E-state index in [4.69, 9.17) is 23.9 Å². The number of nitrogens with zero attached hydrogens (tertiary/aromatic N) is 2. The Bertz CT molecular complexity index is 1630. The first-order valence-corrected chi connectivity index (χ1v) is 14.6. The number of hydrogen-bond donors (Lipinski definition) is 0. The van der Waals surface area contributed by atoms with Crippen molar-refractivity contribution >= 4 is 55.2 Å². The van der Waals surface area contributed by atoms with Crippen LogP contribution in [0.3, 0.4) is 0 Å². The Kier molecular flexibility index (Phi) is 9.35. The van der Waals surface area contributed by atoms with Crippen molar-refractivity contribution in [1.82, 2.24) is 4.57 Å². The van der Waals surface area contributed by atoms with E-state index in [2.05, 4.69) is 31.9 Å². The molecule has 11 heteroatoms. The zero-order chi connectivity index (χ0) is 28.3. The van der Waals surface area contributed by atoms with Crippen LogP contribution in [0.4, 0.5) is 0 Å². The second-order valence-corrected chi connectivity index (χ2v) is 11.3. The zero-order valence-electron chi connectivity index (χ0n) is 22.2. The van der Waals surface area contributed by atoms with Crippen molar-refractivity contribution < 1.29 is 23.7 Å². The van der Waals surface area contributed by atoms with Crippen molar-refractivity contribution in [3.8, 4) is 17.2 Å². The maximum Gasteiger partial charge on any atom is 0.338 e. The standard InChI is InChI=1S/C28H28Br2N2O6S/c1-6-8-20-23(27(34)38-7-2)24(18-14-17(35-3)9-10-21(18)36-4)32-26(33)22(39-28(32)31-20)12-15-11-16(29)13-19(30)25(15)37-5/h9-14,24H,6-8H2,1-5H3/b22-12-/t24-/m1/s1. The van der Waals surface area contributed by atoms with Gasteiger partial charge in [0.25, 0.3) is 5.56 Å². The van der Waals surface area contributed by atoms with Gasteiger partial charge in [0.2, 0.25) is 0 Å². The van der Waals surface area contributed by atoms with Crippen LogP contribution in [-0.2, 0) is 9.53 Å². The van der Waals surface area contributed by atoms with E-state index in [9.17, 15) is 9.59 Å². The Balaban J connectivity index is 2.09. The quantitative estimate of drug-likeness (QED) is 0.292. The van der Waals surface area contributed by atoms with Gasteiger partial charge in [0.1, 0.15) is 23.3 Å². The van der Waals surface area contributed by atoms with E-state index in [0.29, 0.717) is 55.4 Å². The summed E-state index contributed by atoms with van der Waals surface area (Å²) in [6.45, 7) is 3.95. The van der Waals surface area contributed by atoms with Gasteiger partial charge in [0.05, 0.1) is 48.2 Å². The maximum atomic E-state index is 14.1. The van der Waals surface area contributed by atoms with Crippen molar-refractivity contribution in [3.05, 3.63) is 81.4 Å². The van der Waals surface area contributed by atoms with Crippen LogP contribution in [-0.4, -0.2) is 38.5 Å². The second kappa shape index (κ2) is 12.5. The Hall–Kier alpha value is -2.89. The number of allylic oxidation sites excluding steroid dienone is 1. The lowest BCUT2D eigenvalue weighted by Crippen LogP contribution is -2.40. The molecule has 2 aromatic carbocycles. The molecule has 0 amide bonds. The molecule has 206 valence electrons. The number of benzene rings is 2. The van der Waals surface area contributed by atoms with E-state index in [1.807, 2.05) is 19.1 Å². The fraction of sp³-hybridized carbons (Fsp3) is 0.321. The minimum absolute atomic E-state index is 0.186. The minimum atomic E-state index is -0.829. The summed E-state index contributed by atoms with van der Waals surface area (Å²) in [5, 5.41) is 0. The monoisotopic (exact) mass is 678 g/mol. The van der Waals surface area contributed by atoms with Gasteiger partial charge < -0.3 is 18.9 Å². The summed E-state index contributed by atoms with van der Waals surface area (Å²) in [7, 11) is 4.68. The molecule has 0 aliphatic carbocycles. The number of carbonyl (C=O) groups is 1. The molecule has 0 fully saturated rings. The maximum absolute atomic E-state index is 14.1. The first-order valence-electron chi connectivity index (χ1n) is 12.2. The highest BCUT2D eigenvalue weighted by Crippen LogP contribution is 2.39. The smallest absolute Gasteiger partial charge is 0.338 e. The van der Waals surface area contributed by atoms with Crippen LogP contribution in [0.25, 0.3) is 6.08 Å². The predicted molar refractivity (Wildman–Crippen MR) is 158 cm³/mol. The number of thiazole rings is 1. The number of methoxy groups -OCH3 is 3. The molecule has 0 unspecified atom stereocenters. The number of ether oxygens (including phenoxy) is 4. The fourth-order valence-electron chi connectivity index (χ4n) is 4.51. The Labute approximate surface area is 246 Å². The van der Waals surface area contributed by atoms with Crippen LogP contribution >= 0.6 is 43.2 Å². The summed E-state index contributed by atoms with van der Waals surface area (Å²) in [5.74, 6) is 1.14. The van der Waals surface area contributed by atoms with Crippen molar-refractivity contribution in [2.75, 3.05) is 27.9 Å². The van der Waals surface area contributed by atoms with Gasteiger partial charge in [-0.25, -0.2) is 9.79 Å². The van der Waals surface area contributed by atoms with Gasteiger partial charge in [-0.3, -0.25) is 9.36 Å². The van der Waals surface area contributed by atoms with Crippen molar-refractivity contribution in [3.63, 3.8) is 0 Å². The lowest BCUT2D eigenvalue weighted by molar-refractivity contribution is -0.139. The van der Waals surface area contributed by atoms with Gasteiger partial charge in [-0.05, 0) is 65.7 Å². The third kappa shape index (κ3) is 5.71. The molecule has 4 rings (SSSR count). The molecular formula is C28H28Br2N2O6S. The van der Waals surface area contributed by atoms with Crippen molar-refractivity contribution in [2.45, 2.75) is 32.7 Å². The predicted octanol–water partition coefficient (Wildman–Crippen LogP) is 5.13. The second-order valence-electron chi connectivity index (χ2n) is 8.53. The number of esters is 1. The van der Waals surface area contributed by atoms with Gasteiger partial charge in [0.15, 0.2) is 4.80 Å². The number of hydrogen-bond acceptors (Lipinski definition) is 8. The van der Waals surface area contributed by atoms with Crippen LogP contribution < -0.4 is 29.1 Å². The van der Waals surface area contributed by atoms with E-state index >= 15 is 0 Å². The Morgan fingerprint density at radius 1 is 1.10 bits per heavy atom. The SMILES string of the molecule is CCCC1=C(C(=O)OCC)[C@@H](c2cc(OC)ccc2OC)n2c(s/c(=C\c3cc(Br)cc(Br)c3OC)c2=O)=N1. The summed E-state index contributed by atoms with van der Waals surface area (Å²) in [6, 6.07) is 8.22. The van der Waals surface area contributed by atoms with Crippen LogP contribution in [0, 0.1) is 0 Å². The third-order valence-electron chi connectivity index (χ3n) is 6.15. The first-order chi connectivity index (χ1) is 18.8. The van der Waals surface area contributed by atoms with E-state index in [1.165, 1.54) is 11.3 Å². The van der Waals surface area contributed by atoms with Gasteiger partial charge in [-0.1, -0.05) is 40.6 Å². The fourth-order valence-corrected chi connectivity index (χ4v) is 6.94. The lowest BCUT2D eigenvalue weighted by Gasteiger charge is -2.27. The van der Waals surface area contributed by atoms with Gasteiger partial charge in [-0.2, -0.15) is 0 Å². The molecule has 1 aliphatic heterocycles. The molecule has 1 aromatic heterocycles. The van der Waals surface area contributed by atoms with Gasteiger partial charge >= 0.3 is 5.97 Å². The van der Waals surface area contributed by atoms with E-state index < -0.39 is 12.0 Å². The molecule has 0 saturated carbocycles. The van der Waals surface area contributed by atoms with Crippen LogP contribution in [0.2, 0.25) is 0 Å². The highest BCUT2D eigenvalue weighted by molar-refractivity contribution is 9.11. The average Bonchev–Trinajstić information content (AvgIpc) is 3.21. The van der Waals surface area contributed by atoms with Gasteiger partial charge in [-0.15, -0.1) is 0 Å². The summed E-state index contributed by atoms with van der Waals surface area (Å²) in [5.41, 5.74) is 1.90. The summed E-state index contributed by atoms with van der Waals surface area (Å²) in [4.78, 5) is 32.8. The molecule has 3 aromatic rings. The normalized spacial score (nSPS) is 15.1. The topological polar surface area (TPSA) is 88.4 Å². The van der Waals surface area contributed by atoms with E-state index in [1.54, 1.807) is 57.1 Å². The highest BCUT2D eigenvalue weighted by atomic mass is 79.9.